The number of aromatic nitrogens is 3. The van der Waals surface area contributed by atoms with E-state index in [9.17, 15) is 18.0 Å². The van der Waals surface area contributed by atoms with Crippen LogP contribution in [0.15, 0.2) is 70.4 Å². The van der Waals surface area contributed by atoms with Crippen molar-refractivity contribution < 1.29 is 17.9 Å². The molecular formula is C26H27N3O5S. The molecule has 3 aromatic carbocycles. The highest BCUT2D eigenvalue weighted by atomic mass is 32.2. The molecule has 0 spiro atoms. The van der Waals surface area contributed by atoms with Gasteiger partial charge < -0.3 is 4.74 Å². The maximum atomic E-state index is 13.4. The topological polar surface area (TPSA) is 108 Å². The second-order valence-corrected chi connectivity index (χ2v) is 10.1. The van der Waals surface area contributed by atoms with Crippen LogP contribution in [0.3, 0.4) is 0 Å². The van der Waals surface area contributed by atoms with E-state index in [1.807, 2.05) is 24.3 Å². The minimum absolute atomic E-state index is 0.116. The summed E-state index contributed by atoms with van der Waals surface area (Å²) in [6.07, 6.45) is 6.18. The Kier molecular flexibility index (Phi) is 7.55. The molecule has 0 radical (unpaired) electrons. The molecule has 4 rings (SSSR count). The van der Waals surface area contributed by atoms with Gasteiger partial charge in [0.05, 0.1) is 17.6 Å². The number of ether oxygens (including phenoxy) is 1. The SMILES string of the molecule is CCCCCCCCOC(=O)c1ccccc1S(=O)(=O)n1nnc2cc3ccccc3cc2c1=O. The summed E-state index contributed by atoms with van der Waals surface area (Å²) in [6, 6.07) is 16.3. The van der Waals surface area contributed by atoms with E-state index in [1.54, 1.807) is 18.2 Å². The van der Waals surface area contributed by atoms with Crippen molar-refractivity contribution in [1.29, 1.82) is 0 Å². The summed E-state index contributed by atoms with van der Waals surface area (Å²) in [5.74, 6) is -0.759. The molecule has 182 valence electrons. The summed E-state index contributed by atoms with van der Waals surface area (Å²) in [5.41, 5.74) is -0.700. The third-order valence-electron chi connectivity index (χ3n) is 5.85. The smallest absolute Gasteiger partial charge is 0.339 e. The summed E-state index contributed by atoms with van der Waals surface area (Å²) in [6.45, 7) is 2.34. The molecule has 4 aromatic rings. The van der Waals surface area contributed by atoms with Gasteiger partial charge in [-0.2, -0.15) is 8.42 Å². The first-order valence-electron chi connectivity index (χ1n) is 11.7. The first kappa shape index (κ1) is 24.5. The number of rotatable bonds is 10. The predicted molar refractivity (Wildman–Crippen MR) is 134 cm³/mol. The van der Waals surface area contributed by atoms with Crippen LogP contribution >= 0.6 is 0 Å². The van der Waals surface area contributed by atoms with Gasteiger partial charge in [-0.05, 0) is 46.7 Å². The molecule has 1 heterocycles. The van der Waals surface area contributed by atoms with E-state index in [0.29, 0.717) is 10.5 Å². The minimum Gasteiger partial charge on any atom is -0.462 e. The van der Waals surface area contributed by atoms with Gasteiger partial charge in [-0.3, -0.25) is 4.79 Å². The molecule has 0 amide bonds. The normalized spacial score (nSPS) is 11.7. The van der Waals surface area contributed by atoms with Crippen LogP contribution in [0.1, 0.15) is 55.8 Å². The molecule has 0 aliphatic heterocycles. The molecular weight excluding hydrogens is 466 g/mol. The van der Waals surface area contributed by atoms with Crippen molar-refractivity contribution in [2.75, 3.05) is 6.61 Å². The first-order valence-corrected chi connectivity index (χ1v) is 13.2. The van der Waals surface area contributed by atoms with Crippen LogP contribution in [0.2, 0.25) is 0 Å². The number of benzene rings is 3. The molecule has 35 heavy (non-hydrogen) atoms. The first-order chi connectivity index (χ1) is 16.9. The van der Waals surface area contributed by atoms with Crippen molar-refractivity contribution in [3.63, 3.8) is 0 Å². The Labute approximate surface area is 203 Å². The average Bonchev–Trinajstić information content (AvgIpc) is 2.87. The van der Waals surface area contributed by atoms with Gasteiger partial charge in [0.25, 0.3) is 15.6 Å². The molecule has 0 atom stereocenters. The zero-order valence-electron chi connectivity index (χ0n) is 19.5. The molecule has 8 nitrogen and oxygen atoms in total. The molecule has 0 saturated carbocycles. The third kappa shape index (κ3) is 5.24. The van der Waals surface area contributed by atoms with Crippen LogP contribution in [0.5, 0.6) is 0 Å². The monoisotopic (exact) mass is 493 g/mol. The van der Waals surface area contributed by atoms with Crippen molar-refractivity contribution >= 4 is 37.7 Å². The second-order valence-electron chi connectivity index (χ2n) is 8.36. The summed E-state index contributed by atoms with van der Waals surface area (Å²) >= 11 is 0. The van der Waals surface area contributed by atoms with Crippen LogP contribution in [0.25, 0.3) is 21.7 Å². The van der Waals surface area contributed by atoms with E-state index in [-0.39, 0.29) is 28.0 Å². The van der Waals surface area contributed by atoms with E-state index in [4.69, 9.17) is 4.74 Å². The highest BCUT2D eigenvalue weighted by Crippen LogP contribution is 2.21. The molecule has 0 N–H and O–H groups in total. The highest BCUT2D eigenvalue weighted by molar-refractivity contribution is 7.90. The Morgan fingerprint density at radius 1 is 0.914 bits per heavy atom. The molecule has 0 aliphatic carbocycles. The number of fused-ring (bicyclic) bond motifs is 2. The number of nitrogens with zero attached hydrogens (tertiary/aromatic N) is 3. The van der Waals surface area contributed by atoms with Crippen molar-refractivity contribution in [1.82, 2.24) is 14.4 Å². The zero-order valence-corrected chi connectivity index (χ0v) is 20.3. The molecule has 0 aliphatic rings. The van der Waals surface area contributed by atoms with Crippen molar-refractivity contribution in [2.45, 2.75) is 50.3 Å². The number of unbranched alkanes of at least 4 members (excludes halogenated alkanes) is 5. The van der Waals surface area contributed by atoms with Crippen molar-refractivity contribution in [3.8, 4) is 0 Å². The Bertz CT molecular complexity index is 1530. The Hall–Kier alpha value is -3.59. The summed E-state index contributed by atoms with van der Waals surface area (Å²) in [4.78, 5) is 25.5. The minimum atomic E-state index is -4.51. The lowest BCUT2D eigenvalue weighted by Gasteiger charge is -2.11. The number of hydrogen-bond donors (Lipinski definition) is 0. The summed E-state index contributed by atoms with van der Waals surface area (Å²) in [5, 5.41) is 9.40. The maximum absolute atomic E-state index is 13.4. The highest BCUT2D eigenvalue weighted by Gasteiger charge is 2.28. The van der Waals surface area contributed by atoms with Crippen molar-refractivity contribution in [3.05, 3.63) is 76.6 Å². The van der Waals surface area contributed by atoms with Gasteiger partial charge >= 0.3 is 5.97 Å². The van der Waals surface area contributed by atoms with E-state index in [2.05, 4.69) is 17.2 Å². The van der Waals surface area contributed by atoms with Gasteiger partial charge in [0, 0.05) is 0 Å². The molecule has 0 saturated heterocycles. The van der Waals surface area contributed by atoms with E-state index < -0.39 is 21.6 Å². The van der Waals surface area contributed by atoms with Gasteiger partial charge in [-0.15, -0.1) is 5.10 Å². The average molecular weight is 494 g/mol. The summed E-state index contributed by atoms with van der Waals surface area (Å²) in [7, 11) is -4.51. The lowest BCUT2D eigenvalue weighted by atomic mass is 10.1. The Morgan fingerprint density at radius 2 is 1.57 bits per heavy atom. The molecule has 0 fully saturated rings. The largest absolute Gasteiger partial charge is 0.462 e. The molecule has 9 heteroatoms. The molecule has 1 aromatic heterocycles. The fourth-order valence-electron chi connectivity index (χ4n) is 3.95. The van der Waals surface area contributed by atoms with Crippen LogP contribution in [0.4, 0.5) is 0 Å². The fraction of sp³-hybridized carbons (Fsp3) is 0.308. The number of carbonyl (C=O) groups is 1. The van der Waals surface area contributed by atoms with Gasteiger partial charge in [0.2, 0.25) is 0 Å². The van der Waals surface area contributed by atoms with Gasteiger partial charge in [-0.1, -0.05) is 79.5 Å². The van der Waals surface area contributed by atoms with E-state index in [1.165, 1.54) is 24.6 Å². The van der Waals surface area contributed by atoms with E-state index in [0.717, 1.165) is 36.5 Å². The zero-order chi connectivity index (χ0) is 24.8. The number of carbonyl (C=O) groups excluding carboxylic acids is 1. The Morgan fingerprint density at radius 3 is 2.34 bits per heavy atom. The van der Waals surface area contributed by atoms with Gasteiger partial charge in [-0.25, -0.2) is 4.79 Å². The van der Waals surface area contributed by atoms with Crippen LogP contribution in [-0.4, -0.2) is 35.4 Å². The van der Waals surface area contributed by atoms with Crippen LogP contribution in [-0.2, 0) is 14.8 Å². The number of esters is 1. The van der Waals surface area contributed by atoms with Crippen LogP contribution < -0.4 is 5.56 Å². The predicted octanol–water partition coefficient (Wildman–Crippen LogP) is 4.70. The molecule has 0 unspecified atom stereocenters. The second kappa shape index (κ2) is 10.8. The standard InChI is InChI=1S/C26H27N3O5S/c1-2-3-4-5-6-11-16-34-26(31)21-14-9-10-15-24(21)35(32,33)29-25(30)22-17-19-12-7-8-13-20(19)18-23(22)27-28-29/h7-10,12-15,17-18H,2-6,11,16H2,1H3. The van der Waals surface area contributed by atoms with Gasteiger partial charge in [0.15, 0.2) is 0 Å². The maximum Gasteiger partial charge on any atom is 0.339 e. The van der Waals surface area contributed by atoms with Crippen LogP contribution in [0, 0.1) is 0 Å². The summed E-state index contributed by atoms with van der Waals surface area (Å²) < 4.78 is 32.5. The number of hydrogen-bond acceptors (Lipinski definition) is 7. The quantitative estimate of drug-likeness (QED) is 0.179. The lowest BCUT2D eigenvalue weighted by Crippen LogP contribution is -2.32. The van der Waals surface area contributed by atoms with E-state index >= 15 is 0 Å². The third-order valence-corrected chi connectivity index (χ3v) is 7.45. The molecule has 0 bridgehead atoms. The fourth-order valence-corrected chi connectivity index (χ4v) is 5.27. The van der Waals surface area contributed by atoms with Crippen molar-refractivity contribution in [2.24, 2.45) is 0 Å². The Balaban J connectivity index is 1.62. The lowest BCUT2D eigenvalue weighted by molar-refractivity contribution is 0.0493. The van der Waals surface area contributed by atoms with Gasteiger partial charge in [0.1, 0.15) is 10.4 Å².